The molecular formula is C44H24N4O. The van der Waals surface area contributed by atoms with Crippen molar-refractivity contribution >= 4 is 71.2 Å². The van der Waals surface area contributed by atoms with Crippen LogP contribution in [0.3, 0.4) is 0 Å². The van der Waals surface area contributed by atoms with E-state index in [0.717, 1.165) is 88.1 Å². The summed E-state index contributed by atoms with van der Waals surface area (Å²) in [5.74, 6) is 0. The van der Waals surface area contributed by atoms with Crippen molar-refractivity contribution in [2.24, 2.45) is 0 Å². The monoisotopic (exact) mass is 624 g/mol. The Hall–Kier alpha value is -7.08. The Morgan fingerprint density at radius 1 is 0.510 bits per heavy atom. The van der Waals surface area contributed by atoms with Crippen LogP contribution < -0.4 is 0 Å². The zero-order valence-electron chi connectivity index (χ0n) is 26.1. The predicted octanol–water partition coefficient (Wildman–Crippen LogP) is 11.9. The standard InChI is InChI=1S/C44H24N4O/c1-46-28-19-21-38(47-35-14-6-2-10-29(35)30-11-3-7-15-36(30)47)34(25-28)31-20-18-27(26-45)24-40(31)48-37-16-8-4-12-32(37)43-39(48)22-23-42-44(43)33-13-5-9-17-41(33)49-42/h2-25H. The third kappa shape index (κ3) is 3.79. The molecule has 5 heteroatoms. The summed E-state index contributed by atoms with van der Waals surface area (Å²) in [6.45, 7) is 7.97. The van der Waals surface area contributed by atoms with Crippen LogP contribution in [-0.2, 0) is 0 Å². The molecule has 226 valence electrons. The minimum absolute atomic E-state index is 0.545. The number of para-hydroxylation sites is 4. The van der Waals surface area contributed by atoms with Gasteiger partial charge in [-0.15, -0.1) is 0 Å². The fourth-order valence-corrected chi connectivity index (χ4v) is 7.73. The Labute approximate surface area is 280 Å². The van der Waals surface area contributed by atoms with Gasteiger partial charge in [0.2, 0.25) is 0 Å². The topological polar surface area (TPSA) is 51.1 Å². The van der Waals surface area contributed by atoms with Crippen LogP contribution in [0.2, 0.25) is 0 Å². The lowest BCUT2D eigenvalue weighted by Crippen LogP contribution is -2.02. The van der Waals surface area contributed by atoms with Crippen molar-refractivity contribution in [2.45, 2.75) is 0 Å². The molecule has 0 spiro atoms. The first kappa shape index (κ1) is 27.1. The van der Waals surface area contributed by atoms with Gasteiger partial charge in [0.1, 0.15) is 11.2 Å². The number of aromatic nitrogens is 2. The molecule has 3 heterocycles. The van der Waals surface area contributed by atoms with Crippen LogP contribution in [-0.4, -0.2) is 9.13 Å². The number of nitrogens with zero attached hydrogens (tertiary/aromatic N) is 4. The molecule has 10 aromatic rings. The molecule has 49 heavy (non-hydrogen) atoms. The third-order valence-corrected chi connectivity index (χ3v) is 9.76. The van der Waals surface area contributed by atoms with Crippen LogP contribution in [0.1, 0.15) is 5.56 Å². The quantitative estimate of drug-likeness (QED) is 0.184. The second-order valence-electron chi connectivity index (χ2n) is 12.3. The molecular weight excluding hydrogens is 601 g/mol. The molecule has 0 aliphatic rings. The van der Waals surface area contributed by atoms with Crippen molar-refractivity contribution in [1.82, 2.24) is 9.13 Å². The number of benzene rings is 7. The molecule has 0 unspecified atom stereocenters. The zero-order valence-corrected chi connectivity index (χ0v) is 26.1. The van der Waals surface area contributed by atoms with E-state index in [1.54, 1.807) is 0 Å². The maximum atomic E-state index is 10.2. The van der Waals surface area contributed by atoms with E-state index in [0.29, 0.717) is 11.3 Å². The van der Waals surface area contributed by atoms with Crippen LogP contribution in [0.5, 0.6) is 0 Å². The number of hydrogen-bond acceptors (Lipinski definition) is 2. The summed E-state index contributed by atoms with van der Waals surface area (Å²) in [4.78, 5) is 3.86. The van der Waals surface area contributed by atoms with Gasteiger partial charge < -0.3 is 13.6 Å². The number of rotatable bonds is 3. The van der Waals surface area contributed by atoms with Gasteiger partial charge in [0.15, 0.2) is 5.69 Å². The maximum Gasteiger partial charge on any atom is 0.188 e. The SMILES string of the molecule is [C-]#[N+]c1ccc(-n2c3ccccc3c3ccccc32)c(-c2ccc(C#N)cc2-n2c3ccccc3c3c4c(ccc32)oc2ccccc24)c1. The molecule has 0 atom stereocenters. The van der Waals surface area contributed by atoms with E-state index < -0.39 is 0 Å². The lowest BCUT2D eigenvalue weighted by molar-refractivity contribution is 0.669. The van der Waals surface area contributed by atoms with Crippen molar-refractivity contribution < 1.29 is 4.42 Å². The van der Waals surface area contributed by atoms with Crippen molar-refractivity contribution in [1.29, 1.82) is 5.26 Å². The largest absolute Gasteiger partial charge is 0.456 e. The van der Waals surface area contributed by atoms with Crippen LogP contribution >= 0.6 is 0 Å². The van der Waals surface area contributed by atoms with Crippen molar-refractivity contribution in [3.63, 3.8) is 0 Å². The number of fused-ring (bicyclic) bond motifs is 10. The van der Waals surface area contributed by atoms with Crippen molar-refractivity contribution in [3.05, 3.63) is 163 Å². The van der Waals surface area contributed by atoms with E-state index >= 15 is 0 Å². The molecule has 0 N–H and O–H groups in total. The molecule has 0 aliphatic carbocycles. The average molecular weight is 625 g/mol. The smallest absolute Gasteiger partial charge is 0.188 e. The number of furan rings is 1. The van der Waals surface area contributed by atoms with Gasteiger partial charge in [-0.1, -0.05) is 84.9 Å². The van der Waals surface area contributed by atoms with Gasteiger partial charge in [-0.25, -0.2) is 4.85 Å². The Morgan fingerprint density at radius 3 is 1.86 bits per heavy atom. The highest BCUT2D eigenvalue weighted by Crippen LogP contribution is 2.45. The van der Waals surface area contributed by atoms with E-state index in [-0.39, 0.29) is 0 Å². The summed E-state index contributed by atoms with van der Waals surface area (Å²) in [6, 6.07) is 51.8. The normalized spacial score (nSPS) is 11.6. The lowest BCUT2D eigenvalue weighted by atomic mass is 9.98. The summed E-state index contributed by atoms with van der Waals surface area (Å²) < 4.78 is 10.9. The van der Waals surface area contributed by atoms with Gasteiger partial charge in [-0.05, 0) is 66.2 Å². The number of nitriles is 1. The van der Waals surface area contributed by atoms with Crippen LogP contribution in [0.4, 0.5) is 5.69 Å². The van der Waals surface area contributed by atoms with Gasteiger partial charge in [-0.2, -0.15) is 5.26 Å². The van der Waals surface area contributed by atoms with Crippen LogP contribution in [0.25, 0.3) is 92.9 Å². The van der Waals surface area contributed by atoms with Crippen LogP contribution in [0.15, 0.2) is 150 Å². The van der Waals surface area contributed by atoms with Crippen molar-refractivity contribution in [2.75, 3.05) is 0 Å². The molecule has 0 bridgehead atoms. The van der Waals surface area contributed by atoms with Crippen molar-refractivity contribution in [3.8, 4) is 28.6 Å². The fourth-order valence-electron chi connectivity index (χ4n) is 7.73. The second kappa shape index (κ2) is 10.2. The molecule has 3 aromatic heterocycles. The Balaban J connectivity index is 1.35. The molecule has 10 rings (SSSR count). The Kier molecular flexibility index (Phi) is 5.64. The summed E-state index contributed by atoms with van der Waals surface area (Å²) in [5.41, 5.74) is 10.6. The summed E-state index contributed by atoms with van der Waals surface area (Å²) in [7, 11) is 0. The van der Waals surface area contributed by atoms with Gasteiger partial charge in [0.25, 0.3) is 0 Å². The van der Waals surface area contributed by atoms with Gasteiger partial charge >= 0.3 is 0 Å². The summed E-state index contributed by atoms with van der Waals surface area (Å²) in [6.07, 6.45) is 0. The van der Waals surface area contributed by atoms with E-state index in [1.807, 2.05) is 54.6 Å². The third-order valence-electron chi connectivity index (χ3n) is 9.76. The first-order valence-corrected chi connectivity index (χ1v) is 16.1. The fraction of sp³-hybridized carbons (Fsp3) is 0. The van der Waals surface area contributed by atoms with E-state index in [4.69, 9.17) is 11.0 Å². The molecule has 0 saturated carbocycles. The number of hydrogen-bond donors (Lipinski definition) is 0. The first-order chi connectivity index (χ1) is 24.2. The van der Waals surface area contributed by atoms with Gasteiger partial charge in [-0.3, -0.25) is 0 Å². The summed E-state index contributed by atoms with van der Waals surface area (Å²) >= 11 is 0. The van der Waals surface area contributed by atoms with Gasteiger partial charge in [0, 0.05) is 37.9 Å². The maximum absolute atomic E-state index is 10.2. The molecule has 5 nitrogen and oxygen atoms in total. The van der Waals surface area contributed by atoms with Gasteiger partial charge in [0.05, 0.1) is 51.6 Å². The Bertz CT molecular complexity index is 3030. The molecule has 0 amide bonds. The van der Waals surface area contributed by atoms with Crippen LogP contribution in [0, 0.1) is 17.9 Å². The highest BCUT2D eigenvalue weighted by Gasteiger charge is 2.23. The second-order valence-corrected chi connectivity index (χ2v) is 12.3. The Morgan fingerprint density at radius 2 is 1.14 bits per heavy atom. The molecule has 0 aliphatic heterocycles. The minimum Gasteiger partial charge on any atom is -0.456 e. The van der Waals surface area contributed by atoms with E-state index in [2.05, 4.69) is 111 Å². The van der Waals surface area contributed by atoms with E-state index in [9.17, 15) is 5.26 Å². The molecule has 0 radical (unpaired) electrons. The zero-order chi connectivity index (χ0) is 32.6. The highest BCUT2D eigenvalue weighted by atomic mass is 16.3. The minimum atomic E-state index is 0.545. The summed E-state index contributed by atoms with van der Waals surface area (Å²) in [5, 5.41) is 16.9. The lowest BCUT2D eigenvalue weighted by Gasteiger charge is -2.19. The average Bonchev–Trinajstić information content (AvgIpc) is 3.82. The highest BCUT2D eigenvalue weighted by molar-refractivity contribution is 6.27. The van der Waals surface area contributed by atoms with E-state index in [1.165, 1.54) is 0 Å². The molecule has 0 saturated heterocycles. The first-order valence-electron chi connectivity index (χ1n) is 16.1. The molecule has 0 fully saturated rings. The predicted molar refractivity (Wildman–Crippen MR) is 199 cm³/mol. The molecule has 7 aromatic carbocycles.